The molecule has 18 heavy (non-hydrogen) atoms. The Balaban J connectivity index is 1.93. The van der Waals surface area contributed by atoms with Crippen molar-refractivity contribution in [2.45, 2.75) is 19.4 Å². The molecule has 0 bridgehead atoms. The van der Waals surface area contributed by atoms with Gasteiger partial charge in [0, 0.05) is 17.5 Å². The van der Waals surface area contributed by atoms with E-state index in [-0.39, 0.29) is 0 Å². The molecule has 3 nitrogen and oxygen atoms in total. The van der Waals surface area contributed by atoms with Gasteiger partial charge in [-0.15, -0.1) is 0 Å². The molecule has 0 saturated heterocycles. The zero-order valence-corrected chi connectivity index (χ0v) is 10.6. The molecule has 0 unspecified atom stereocenters. The molecule has 2 aromatic rings. The van der Waals surface area contributed by atoms with E-state index in [1.807, 2.05) is 25.2 Å². The minimum atomic E-state index is 0.751. The van der Waals surface area contributed by atoms with Crippen LogP contribution in [0.5, 0.6) is 5.88 Å². The lowest BCUT2D eigenvalue weighted by Gasteiger charge is -2.11. The Labute approximate surface area is 107 Å². The van der Waals surface area contributed by atoms with Crippen molar-refractivity contribution < 1.29 is 4.74 Å². The third-order valence-corrected chi connectivity index (χ3v) is 3.28. The molecule has 94 valence electrons. The van der Waals surface area contributed by atoms with Crippen LogP contribution in [0.3, 0.4) is 0 Å². The van der Waals surface area contributed by atoms with Gasteiger partial charge in [-0.3, -0.25) is 0 Å². The van der Waals surface area contributed by atoms with Crippen LogP contribution in [0.25, 0.3) is 10.9 Å². The molecule has 1 N–H and O–H groups in total. The highest BCUT2D eigenvalue weighted by molar-refractivity contribution is 5.80. The summed E-state index contributed by atoms with van der Waals surface area (Å²) in [5.74, 6) is 1.54. The molecule has 1 aliphatic carbocycles. The van der Waals surface area contributed by atoms with Gasteiger partial charge in [0.15, 0.2) is 0 Å². The number of nitrogens with one attached hydrogen (secondary N) is 1. The van der Waals surface area contributed by atoms with E-state index in [1.165, 1.54) is 18.2 Å². The first-order valence-corrected chi connectivity index (χ1v) is 6.53. The van der Waals surface area contributed by atoms with Crippen LogP contribution in [0.15, 0.2) is 30.3 Å². The Bertz CT molecular complexity index is 549. The quantitative estimate of drug-likeness (QED) is 0.875. The molecule has 1 fully saturated rings. The average Bonchev–Trinajstić information content (AvgIpc) is 3.20. The minimum absolute atomic E-state index is 0.751. The zero-order chi connectivity index (χ0) is 12.4. The summed E-state index contributed by atoms with van der Waals surface area (Å²) in [5, 5.41) is 4.34. The summed E-state index contributed by atoms with van der Waals surface area (Å²) in [5.41, 5.74) is 2.14. The Morgan fingerprint density at radius 2 is 2.17 bits per heavy atom. The van der Waals surface area contributed by atoms with E-state index in [0.717, 1.165) is 36.0 Å². The van der Waals surface area contributed by atoms with Crippen molar-refractivity contribution in [3.63, 3.8) is 0 Å². The lowest BCUT2D eigenvalue weighted by atomic mass is 10.1. The fraction of sp³-hybridized carbons (Fsp3) is 0.400. The van der Waals surface area contributed by atoms with Crippen molar-refractivity contribution in [1.82, 2.24) is 10.3 Å². The van der Waals surface area contributed by atoms with Crippen LogP contribution in [0, 0.1) is 5.92 Å². The predicted molar refractivity (Wildman–Crippen MR) is 72.7 cm³/mol. The van der Waals surface area contributed by atoms with Gasteiger partial charge in [-0.1, -0.05) is 18.2 Å². The van der Waals surface area contributed by atoms with Crippen LogP contribution in [-0.2, 0) is 6.54 Å². The van der Waals surface area contributed by atoms with Gasteiger partial charge in [0.25, 0.3) is 0 Å². The summed E-state index contributed by atoms with van der Waals surface area (Å²) < 4.78 is 5.87. The van der Waals surface area contributed by atoms with Crippen LogP contribution < -0.4 is 10.1 Å². The van der Waals surface area contributed by atoms with Gasteiger partial charge in [-0.25, -0.2) is 4.98 Å². The Kier molecular flexibility index (Phi) is 3.15. The highest BCUT2D eigenvalue weighted by Gasteiger charge is 2.22. The molecule has 1 aliphatic rings. The maximum atomic E-state index is 5.87. The topological polar surface area (TPSA) is 34.2 Å². The Morgan fingerprint density at radius 3 is 2.94 bits per heavy atom. The first-order valence-electron chi connectivity index (χ1n) is 6.53. The van der Waals surface area contributed by atoms with Gasteiger partial charge in [0.1, 0.15) is 0 Å². The number of benzene rings is 1. The lowest BCUT2D eigenvalue weighted by molar-refractivity contribution is 0.286. The second kappa shape index (κ2) is 4.94. The van der Waals surface area contributed by atoms with E-state index < -0.39 is 0 Å². The molecule has 0 radical (unpaired) electrons. The molecule has 0 aliphatic heterocycles. The number of hydrogen-bond donors (Lipinski definition) is 1. The molecule has 0 amide bonds. The zero-order valence-electron chi connectivity index (χ0n) is 10.6. The molecular weight excluding hydrogens is 224 g/mol. The number of aromatic nitrogens is 1. The second-order valence-corrected chi connectivity index (χ2v) is 4.93. The molecule has 0 spiro atoms. The van der Waals surface area contributed by atoms with Gasteiger partial charge in [-0.2, -0.15) is 0 Å². The number of fused-ring (bicyclic) bond motifs is 1. The fourth-order valence-electron chi connectivity index (χ4n) is 2.07. The fourth-order valence-corrected chi connectivity index (χ4v) is 2.07. The van der Waals surface area contributed by atoms with Crippen molar-refractivity contribution in [1.29, 1.82) is 0 Å². The first kappa shape index (κ1) is 11.5. The maximum absolute atomic E-state index is 5.87. The summed E-state index contributed by atoms with van der Waals surface area (Å²) in [7, 11) is 1.94. The number of para-hydroxylation sites is 1. The van der Waals surface area contributed by atoms with Crippen molar-refractivity contribution in [3.8, 4) is 5.88 Å². The Morgan fingerprint density at radius 1 is 1.33 bits per heavy atom. The van der Waals surface area contributed by atoms with Gasteiger partial charge in [-0.05, 0) is 37.9 Å². The number of ether oxygens (including phenoxy) is 1. The summed E-state index contributed by atoms with van der Waals surface area (Å²) in [6.45, 7) is 1.60. The van der Waals surface area contributed by atoms with Gasteiger partial charge in [0.05, 0.1) is 12.1 Å². The number of hydrogen-bond acceptors (Lipinski definition) is 3. The lowest BCUT2D eigenvalue weighted by Crippen LogP contribution is -2.10. The third kappa shape index (κ3) is 2.46. The smallest absolute Gasteiger partial charge is 0.218 e. The average molecular weight is 242 g/mol. The van der Waals surface area contributed by atoms with Crippen LogP contribution in [0.1, 0.15) is 18.4 Å². The molecule has 1 aromatic carbocycles. The maximum Gasteiger partial charge on any atom is 0.218 e. The van der Waals surface area contributed by atoms with Crippen molar-refractivity contribution >= 4 is 10.9 Å². The molecule has 0 atom stereocenters. The van der Waals surface area contributed by atoms with E-state index in [9.17, 15) is 0 Å². The van der Waals surface area contributed by atoms with Gasteiger partial charge >= 0.3 is 0 Å². The predicted octanol–water partition coefficient (Wildman–Crippen LogP) is 2.74. The number of nitrogens with zero attached hydrogens (tertiary/aromatic N) is 1. The minimum Gasteiger partial charge on any atom is -0.477 e. The van der Waals surface area contributed by atoms with E-state index in [1.54, 1.807) is 0 Å². The van der Waals surface area contributed by atoms with Crippen LogP contribution in [0.4, 0.5) is 0 Å². The largest absolute Gasteiger partial charge is 0.477 e. The Hall–Kier alpha value is -1.61. The van der Waals surface area contributed by atoms with Crippen LogP contribution >= 0.6 is 0 Å². The van der Waals surface area contributed by atoms with E-state index in [2.05, 4.69) is 22.4 Å². The van der Waals surface area contributed by atoms with Crippen molar-refractivity contribution in [2.75, 3.05) is 13.7 Å². The molecule has 3 heteroatoms. The molecular formula is C15H18N2O. The summed E-state index contributed by atoms with van der Waals surface area (Å²) in [6.07, 6.45) is 2.60. The SMILES string of the molecule is CNCc1cc2ccccc2nc1OCC1CC1. The van der Waals surface area contributed by atoms with E-state index in [4.69, 9.17) is 4.74 Å². The van der Waals surface area contributed by atoms with E-state index >= 15 is 0 Å². The second-order valence-electron chi connectivity index (χ2n) is 4.93. The molecule has 1 aromatic heterocycles. The summed E-state index contributed by atoms with van der Waals surface area (Å²) in [4.78, 5) is 4.63. The van der Waals surface area contributed by atoms with Crippen LogP contribution in [-0.4, -0.2) is 18.6 Å². The first-order chi connectivity index (χ1) is 8.86. The third-order valence-electron chi connectivity index (χ3n) is 3.28. The van der Waals surface area contributed by atoms with Gasteiger partial charge in [0.2, 0.25) is 5.88 Å². The number of pyridine rings is 1. The highest BCUT2D eigenvalue weighted by Crippen LogP contribution is 2.30. The van der Waals surface area contributed by atoms with Gasteiger partial charge < -0.3 is 10.1 Å². The number of rotatable bonds is 5. The standard InChI is InChI=1S/C15H18N2O/c1-16-9-13-8-12-4-2-3-5-14(12)17-15(13)18-10-11-6-7-11/h2-5,8,11,16H,6-7,9-10H2,1H3. The van der Waals surface area contributed by atoms with Crippen molar-refractivity contribution in [2.24, 2.45) is 5.92 Å². The summed E-state index contributed by atoms with van der Waals surface area (Å²) in [6, 6.07) is 10.3. The monoisotopic (exact) mass is 242 g/mol. The van der Waals surface area contributed by atoms with E-state index in [0.29, 0.717) is 0 Å². The highest BCUT2D eigenvalue weighted by atomic mass is 16.5. The summed E-state index contributed by atoms with van der Waals surface area (Å²) >= 11 is 0. The van der Waals surface area contributed by atoms with Crippen LogP contribution in [0.2, 0.25) is 0 Å². The molecule has 1 heterocycles. The normalized spacial score (nSPS) is 14.9. The molecule has 3 rings (SSSR count). The molecule has 1 saturated carbocycles. The van der Waals surface area contributed by atoms with Crippen molar-refractivity contribution in [3.05, 3.63) is 35.9 Å².